The van der Waals surface area contributed by atoms with Gasteiger partial charge in [-0.2, -0.15) is 0 Å². The van der Waals surface area contributed by atoms with Crippen LogP contribution in [0.4, 0.5) is 17.1 Å². The van der Waals surface area contributed by atoms with E-state index in [0.29, 0.717) is 11.4 Å². The van der Waals surface area contributed by atoms with Crippen LogP contribution >= 0.6 is 0 Å². The summed E-state index contributed by atoms with van der Waals surface area (Å²) in [5, 5.41) is 2.66. The van der Waals surface area contributed by atoms with Gasteiger partial charge in [-0.15, -0.1) is 0 Å². The van der Waals surface area contributed by atoms with Gasteiger partial charge in [0.25, 0.3) is 0 Å². The predicted octanol–water partition coefficient (Wildman–Crippen LogP) is 2.89. The fourth-order valence-electron chi connectivity index (χ4n) is 2.84. The molecule has 0 saturated carbocycles. The Labute approximate surface area is 141 Å². The molecule has 1 N–H and O–H groups in total. The van der Waals surface area contributed by atoms with Gasteiger partial charge in [0.2, 0.25) is 0 Å². The predicted molar refractivity (Wildman–Crippen MR) is 96.4 cm³/mol. The van der Waals surface area contributed by atoms with Crippen molar-refractivity contribution in [3.63, 3.8) is 0 Å². The van der Waals surface area contributed by atoms with Crippen LogP contribution in [0, 0.1) is 0 Å². The molecule has 2 aromatic carbocycles. The highest BCUT2D eigenvalue weighted by Crippen LogP contribution is 2.22. The number of anilines is 3. The second kappa shape index (κ2) is 7.17. The van der Waals surface area contributed by atoms with Crippen molar-refractivity contribution in [1.29, 1.82) is 0 Å². The van der Waals surface area contributed by atoms with E-state index in [4.69, 9.17) is 0 Å². The number of likely N-dealkylation sites (N-methyl/N-ethyl adjacent to an activating group) is 1. The van der Waals surface area contributed by atoms with Gasteiger partial charge in [-0.05, 0) is 49.2 Å². The molecular formula is C19H21N3O2. The zero-order chi connectivity index (χ0) is 16.9. The fraction of sp³-hybridized carbons (Fsp3) is 0.263. The third-order valence-electron chi connectivity index (χ3n) is 4.24. The number of carbonyl (C=O) groups is 2. The molecule has 5 nitrogen and oxygen atoms in total. The number of benzene rings is 2. The lowest BCUT2D eigenvalue weighted by Gasteiger charge is -2.18. The Morgan fingerprint density at radius 2 is 1.58 bits per heavy atom. The molecule has 1 fully saturated rings. The maximum atomic E-state index is 12.2. The maximum Gasteiger partial charge on any atom is 0.316 e. The second-order valence-electron chi connectivity index (χ2n) is 5.89. The molecule has 0 atom stereocenters. The highest BCUT2D eigenvalue weighted by molar-refractivity contribution is 6.44. The number of carbonyl (C=O) groups excluding carboxylic acids is 2. The molecule has 124 valence electrons. The summed E-state index contributed by atoms with van der Waals surface area (Å²) in [6, 6.07) is 16.7. The molecule has 1 saturated heterocycles. The Balaban J connectivity index is 1.62. The lowest BCUT2D eigenvalue weighted by molar-refractivity contribution is -0.134. The van der Waals surface area contributed by atoms with E-state index in [9.17, 15) is 9.59 Å². The number of para-hydroxylation sites is 1. The lowest BCUT2D eigenvalue weighted by atomic mass is 10.2. The summed E-state index contributed by atoms with van der Waals surface area (Å²) >= 11 is 0. The van der Waals surface area contributed by atoms with Crippen LogP contribution < -0.4 is 15.1 Å². The van der Waals surface area contributed by atoms with Gasteiger partial charge in [-0.1, -0.05) is 18.2 Å². The molecule has 2 aromatic rings. The molecule has 0 spiro atoms. The molecule has 5 heteroatoms. The smallest absolute Gasteiger partial charge is 0.316 e. The van der Waals surface area contributed by atoms with Crippen LogP contribution in [-0.2, 0) is 9.59 Å². The molecule has 0 aliphatic carbocycles. The van der Waals surface area contributed by atoms with Crippen molar-refractivity contribution in [1.82, 2.24) is 0 Å². The summed E-state index contributed by atoms with van der Waals surface area (Å²) < 4.78 is 0. The largest absolute Gasteiger partial charge is 0.372 e. The third-order valence-corrected chi connectivity index (χ3v) is 4.24. The van der Waals surface area contributed by atoms with Crippen LogP contribution in [0.1, 0.15) is 12.8 Å². The van der Waals surface area contributed by atoms with Gasteiger partial charge < -0.3 is 15.1 Å². The SMILES string of the molecule is CN(C(=O)C(=O)Nc1ccc(N2CCCC2)cc1)c1ccccc1. The van der Waals surface area contributed by atoms with Crippen molar-refractivity contribution in [3.05, 3.63) is 54.6 Å². The number of amides is 2. The Morgan fingerprint density at radius 1 is 0.958 bits per heavy atom. The molecule has 0 bridgehead atoms. The molecule has 0 aromatic heterocycles. The molecular weight excluding hydrogens is 302 g/mol. The fourth-order valence-corrected chi connectivity index (χ4v) is 2.84. The maximum absolute atomic E-state index is 12.2. The van der Waals surface area contributed by atoms with Crippen LogP contribution in [0.3, 0.4) is 0 Å². The topological polar surface area (TPSA) is 52.7 Å². The summed E-state index contributed by atoms with van der Waals surface area (Å²) in [6.07, 6.45) is 2.44. The van der Waals surface area contributed by atoms with Gasteiger partial charge in [0.05, 0.1) is 0 Å². The van der Waals surface area contributed by atoms with Gasteiger partial charge in [0.1, 0.15) is 0 Å². The first kappa shape index (κ1) is 16.1. The quantitative estimate of drug-likeness (QED) is 0.884. The van der Waals surface area contributed by atoms with Gasteiger partial charge in [-0.25, -0.2) is 0 Å². The second-order valence-corrected chi connectivity index (χ2v) is 5.89. The molecule has 0 radical (unpaired) electrons. The number of nitrogens with one attached hydrogen (secondary N) is 1. The third kappa shape index (κ3) is 3.56. The van der Waals surface area contributed by atoms with E-state index in [1.165, 1.54) is 17.7 Å². The monoisotopic (exact) mass is 323 g/mol. The highest BCUT2D eigenvalue weighted by Gasteiger charge is 2.20. The average molecular weight is 323 g/mol. The zero-order valence-electron chi connectivity index (χ0n) is 13.7. The molecule has 24 heavy (non-hydrogen) atoms. The standard InChI is InChI=1S/C19H21N3O2/c1-21(16-7-3-2-4-8-16)19(24)18(23)20-15-9-11-17(12-10-15)22-13-5-6-14-22/h2-4,7-12H,5-6,13-14H2,1H3,(H,20,23). The van der Waals surface area contributed by atoms with Crippen LogP contribution in [0.25, 0.3) is 0 Å². The Bertz CT molecular complexity index is 707. The van der Waals surface area contributed by atoms with E-state index in [-0.39, 0.29) is 0 Å². The van der Waals surface area contributed by atoms with E-state index in [0.717, 1.165) is 18.8 Å². The number of nitrogens with zero attached hydrogens (tertiary/aromatic N) is 2. The summed E-state index contributed by atoms with van der Waals surface area (Å²) in [7, 11) is 1.59. The van der Waals surface area contributed by atoms with Crippen LogP contribution in [-0.4, -0.2) is 32.0 Å². The first-order chi connectivity index (χ1) is 11.6. The summed E-state index contributed by atoms with van der Waals surface area (Å²) in [4.78, 5) is 28.0. The van der Waals surface area contributed by atoms with E-state index >= 15 is 0 Å². The average Bonchev–Trinajstić information content (AvgIpc) is 3.16. The molecule has 1 aliphatic heterocycles. The van der Waals surface area contributed by atoms with Gasteiger partial charge in [0, 0.05) is 37.2 Å². The lowest BCUT2D eigenvalue weighted by Crippen LogP contribution is -2.37. The van der Waals surface area contributed by atoms with Crippen LogP contribution in [0.15, 0.2) is 54.6 Å². The van der Waals surface area contributed by atoms with E-state index in [1.807, 2.05) is 42.5 Å². The summed E-state index contributed by atoms with van der Waals surface area (Å²) in [5.41, 5.74) is 2.46. The van der Waals surface area contributed by atoms with Crippen molar-refractivity contribution in [2.45, 2.75) is 12.8 Å². The van der Waals surface area contributed by atoms with Crippen LogP contribution in [0.2, 0.25) is 0 Å². The molecule has 2 amide bonds. The summed E-state index contributed by atoms with van der Waals surface area (Å²) in [6.45, 7) is 2.15. The zero-order valence-corrected chi connectivity index (χ0v) is 13.7. The normalized spacial score (nSPS) is 13.6. The van der Waals surface area contributed by atoms with Crippen molar-refractivity contribution in [2.75, 3.05) is 35.3 Å². The number of hydrogen-bond acceptors (Lipinski definition) is 3. The van der Waals surface area contributed by atoms with Crippen LogP contribution in [0.5, 0.6) is 0 Å². The van der Waals surface area contributed by atoms with E-state index < -0.39 is 11.8 Å². The molecule has 1 heterocycles. The van der Waals surface area contributed by atoms with Gasteiger partial charge >= 0.3 is 11.8 Å². The molecule has 1 aliphatic rings. The van der Waals surface area contributed by atoms with E-state index in [2.05, 4.69) is 10.2 Å². The van der Waals surface area contributed by atoms with Crippen molar-refractivity contribution < 1.29 is 9.59 Å². The van der Waals surface area contributed by atoms with Gasteiger partial charge in [-0.3, -0.25) is 9.59 Å². The number of hydrogen-bond donors (Lipinski definition) is 1. The Hall–Kier alpha value is -2.82. The molecule has 0 unspecified atom stereocenters. The Morgan fingerprint density at radius 3 is 2.21 bits per heavy atom. The summed E-state index contributed by atoms with van der Waals surface area (Å²) in [5.74, 6) is -1.24. The highest BCUT2D eigenvalue weighted by atomic mass is 16.2. The van der Waals surface area contributed by atoms with Crippen molar-refractivity contribution >= 4 is 28.9 Å². The van der Waals surface area contributed by atoms with Crippen molar-refractivity contribution in [2.24, 2.45) is 0 Å². The minimum Gasteiger partial charge on any atom is -0.372 e. The minimum atomic E-state index is -0.643. The first-order valence-electron chi connectivity index (χ1n) is 8.14. The van der Waals surface area contributed by atoms with Crippen molar-refractivity contribution in [3.8, 4) is 0 Å². The Kier molecular flexibility index (Phi) is 4.79. The molecule has 3 rings (SSSR count). The minimum absolute atomic E-state index is 0.593. The van der Waals surface area contributed by atoms with Gasteiger partial charge in [0.15, 0.2) is 0 Å². The number of rotatable bonds is 3. The van der Waals surface area contributed by atoms with E-state index in [1.54, 1.807) is 19.2 Å². The first-order valence-corrected chi connectivity index (χ1v) is 8.14.